The number of alkyl carbamates (subject to hydrolysis) is 1. The largest absolute Gasteiger partial charge is 0.509 e. The van der Waals surface area contributed by atoms with E-state index in [-0.39, 0.29) is 12.6 Å². The van der Waals surface area contributed by atoms with Gasteiger partial charge in [0.05, 0.1) is 13.2 Å². The Morgan fingerprint density at radius 2 is 1.87 bits per heavy atom. The average molecular weight is 439 g/mol. The van der Waals surface area contributed by atoms with E-state index < -0.39 is 30.1 Å². The van der Waals surface area contributed by atoms with Crippen molar-refractivity contribution in [3.8, 4) is 5.75 Å². The lowest BCUT2D eigenvalue weighted by molar-refractivity contribution is -0.0517. The minimum atomic E-state index is -0.804. The molecule has 1 fully saturated rings. The van der Waals surface area contributed by atoms with E-state index in [0.717, 1.165) is 11.3 Å². The van der Waals surface area contributed by atoms with Crippen molar-refractivity contribution < 1.29 is 33.6 Å². The minimum absolute atomic E-state index is 0.0685. The molecule has 1 saturated heterocycles. The average Bonchev–Trinajstić information content (AvgIpc) is 3.05. The normalized spacial score (nSPS) is 20.7. The summed E-state index contributed by atoms with van der Waals surface area (Å²) >= 11 is 0. The van der Waals surface area contributed by atoms with E-state index in [1.807, 2.05) is 24.3 Å². The first-order chi connectivity index (χ1) is 14.7. The number of amides is 1. The van der Waals surface area contributed by atoms with Crippen molar-refractivity contribution in [1.29, 1.82) is 0 Å². The monoisotopic (exact) mass is 438 g/mol. The Labute approximate surface area is 183 Å². The zero-order valence-electron chi connectivity index (χ0n) is 18.7. The maximum absolute atomic E-state index is 12.3. The fourth-order valence-electron chi connectivity index (χ4n) is 3.22. The van der Waals surface area contributed by atoms with E-state index in [9.17, 15) is 9.59 Å². The van der Waals surface area contributed by atoms with Gasteiger partial charge in [-0.25, -0.2) is 9.59 Å². The van der Waals surface area contributed by atoms with Crippen LogP contribution < -0.4 is 15.4 Å². The molecule has 1 aromatic carbocycles. The number of unbranched alkanes of at least 4 members (excludes halogenated alkanes) is 1. The van der Waals surface area contributed by atoms with Gasteiger partial charge in [-0.1, -0.05) is 12.1 Å². The van der Waals surface area contributed by atoms with E-state index in [1.54, 1.807) is 27.9 Å². The minimum Gasteiger partial charge on any atom is -0.497 e. The fourth-order valence-corrected chi connectivity index (χ4v) is 3.22. The molecule has 3 N–H and O–H groups in total. The molecule has 1 aliphatic heterocycles. The summed E-state index contributed by atoms with van der Waals surface area (Å²) < 4.78 is 21.5. The summed E-state index contributed by atoms with van der Waals surface area (Å²) in [7, 11) is 1.61. The van der Waals surface area contributed by atoms with E-state index >= 15 is 0 Å². The van der Waals surface area contributed by atoms with Crippen LogP contribution in [0.2, 0.25) is 0 Å². The van der Waals surface area contributed by atoms with Gasteiger partial charge in [-0.15, -0.1) is 0 Å². The number of rotatable bonds is 9. The lowest BCUT2D eigenvalue weighted by atomic mass is 10.0. The van der Waals surface area contributed by atoms with Gasteiger partial charge in [-0.3, -0.25) is 0 Å². The van der Waals surface area contributed by atoms with Crippen LogP contribution in [0, 0.1) is 0 Å². The number of aliphatic hydroxyl groups excluding tert-OH is 1. The van der Waals surface area contributed by atoms with Gasteiger partial charge < -0.3 is 34.7 Å². The lowest BCUT2D eigenvalue weighted by Crippen LogP contribution is -2.43. The second kappa shape index (κ2) is 11.8. The van der Waals surface area contributed by atoms with Crippen LogP contribution in [0.15, 0.2) is 24.3 Å². The Kier molecular flexibility index (Phi) is 9.39. The number of nitrogens with one attached hydrogen (secondary N) is 2. The summed E-state index contributed by atoms with van der Waals surface area (Å²) in [5.74, 6) is 0.754. The van der Waals surface area contributed by atoms with Crippen LogP contribution in [-0.4, -0.2) is 68.0 Å². The molecule has 0 aliphatic carbocycles. The molecule has 0 bridgehead atoms. The third-order valence-corrected chi connectivity index (χ3v) is 4.69. The number of methoxy groups -OCH3 is 1. The SMILES string of the molecule is COc1ccc(C[C@H]2NC[C@H](OC(=O)OC(C)(C)C)[C@H]2OC(=O)NCCCCO)cc1. The molecule has 2 rings (SSSR count). The molecule has 31 heavy (non-hydrogen) atoms. The van der Waals surface area contributed by atoms with Crippen molar-refractivity contribution in [3.05, 3.63) is 29.8 Å². The Balaban J connectivity index is 2.03. The lowest BCUT2D eigenvalue weighted by Gasteiger charge is -2.26. The van der Waals surface area contributed by atoms with Crippen LogP contribution in [0.1, 0.15) is 39.2 Å². The van der Waals surface area contributed by atoms with Gasteiger partial charge in [0.2, 0.25) is 0 Å². The van der Waals surface area contributed by atoms with Crippen LogP contribution in [0.5, 0.6) is 5.75 Å². The molecule has 1 heterocycles. The van der Waals surface area contributed by atoms with E-state index in [0.29, 0.717) is 32.4 Å². The standard InChI is InChI=1S/C22H34N2O7/c1-22(2,3)31-21(27)29-18-14-24-17(13-15-7-9-16(28-4)10-8-15)19(18)30-20(26)23-11-5-6-12-25/h7-10,17-19,24-25H,5-6,11-14H2,1-4H3,(H,23,26)/t17-,18+,19+/m1/s1. The Morgan fingerprint density at radius 1 is 1.16 bits per heavy atom. The van der Waals surface area contributed by atoms with Crippen LogP contribution >= 0.6 is 0 Å². The van der Waals surface area contributed by atoms with E-state index in [2.05, 4.69) is 10.6 Å². The van der Waals surface area contributed by atoms with Gasteiger partial charge in [-0.05, 0) is 57.7 Å². The molecule has 1 aromatic rings. The Morgan fingerprint density at radius 3 is 2.48 bits per heavy atom. The molecule has 3 atom stereocenters. The van der Waals surface area contributed by atoms with Crippen molar-refractivity contribution in [2.24, 2.45) is 0 Å². The number of ether oxygens (including phenoxy) is 4. The zero-order valence-corrected chi connectivity index (χ0v) is 18.7. The first kappa shape index (κ1) is 24.7. The highest BCUT2D eigenvalue weighted by atomic mass is 16.7. The van der Waals surface area contributed by atoms with Gasteiger partial charge in [0.25, 0.3) is 0 Å². The molecular formula is C22H34N2O7. The second-order valence-electron chi connectivity index (χ2n) is 8.42. The molecule has 1 aliphatic rings. The first-order valence-electron chi connectivity index (χ1n) is 10.5. The highest BCUT2D eigenvalue weighted by Gasteiger charge is 2.42. The molecule has 9 nitrogen and oxygen atoms in total. The maximum atomic E-state index is 12.3. The second-order valence-corrected chi connectivity index (χ2v) is 8.42. The van der Waals surface area contributed by atoms with Gasteiger partial charge in [0.15, 0.2) is 12.2 Å². The highest BCUT2D eigenvalue weighted by Crippen LogP contribution is 2.22. The fraction of sp³-hybridized carbons (Fsp3) is 0.636. The summed E-state index contributed by atoms with van der Waals surface area (Å²) in [5, 5.41) is 14.8. The number of aliphatic hydroxyl groups is 1. The third-order valence-electron chi connectivity index (χ3n) is 4.69. The molecule has 0 unspecified atom stereocenters. The van der Waals surface area contributed by atoms with Crippen molar-refractivity contribution in [2.45, 2.75) is 63.9 Å². The van der Waals surface area contributed by atoms with E-state index in [4.69, 9.17) is 24.1 Å². The van der Waals surface area contributed by atoms with Crippen LogP contribution in [0.3, 0.4) is 0 Å². The molecule has 0 radical (unpaired) electrons. The number of carbonyl (C=O) groups excluding carboxylic acids is 2. The van der Waals surface area contributed by atoms with Crippen LogP contribution in [0.4, 0.5) is 9.59 Å². The molecule has 0 aromatic heterocycles. The molecule has 174 valence electrons. The molecular weight excluding hydrogens is 404 g/mol. The summed E-state index contributed by atoms with van der Waals surface area (Å²) in [4.78, 5) is 24.5. The Bertz CT molecular complexity index is 703. The highest BCUT2D eigenvalue weighted by molar-refractivity contribution is 5.67. The molecule has 0 spiro atoms. The van der Waals surface area contributed by atoms with Gasteiger partial charge in [-0.2, -0.15) is 0 Å². The van der Waals surface area contributed by atoms with Crippen molar-refractivity contribution in [3.63, 3.8) is 0 Å². The summed E-state index contributed by atoms with van der Waals surface area (Å²) in [6.07, 6.45) is -0.961. The Hall–Kier alpha value is -2.52. The summed E-state index contributed by atoms with van der Waals surface area (Å²) in [5.41, 5.74) is 0.333. The molecule has 1 amide bonds. The van der Waals surface area contributed by atoms with Gasteiger partial charge in [0, 0.05) is 19.7 Å². The predicted octanol–water partition coefficient (Wildman–Crippen LogP) is 2.40. The van der Waals surface area contributed by atoms with E-state index in [1.165, 1.54) is 0 Å². The van der Waals surface area contributed by atoms with Crippen LogP contribution in [-0.2, 0) is 20.6 Å². The van der Waals surface area contributed by atoms with Gasteiger partial charge >= 0.3 is 12.2 Å². The number of carbonyl (C=O) groups is 2. The molecule has 9 heteroatoms. The summed E-state index contributed by atoms with van der Waals surface area (Å²) in [6, 6.07) is 7.36. The number of hydrogen-bond acceptors (Lipinski definition) is 8. The summed E-state index contributed by atoms with van der Waals surface area (Å²) in [6.45, 7) is 6.05. The molecule has 0 saturated carbocycles. The maximum Gasteiger partial charge on any atom is 0.509 e. The van der Waals surface area contributed by atoms with Crippen molar-refractivity contribution in [1.82, 2.24) is 10.6 Å². The number of hydrogen-bond donors (Lipinski definition) is 3. The third kappa shape index (κ3) is 8.63. The smallest absolute Gasteiger partial charge is 0.497 e. The quantitative estimate of drug-likeness (QED) is 0.398. The first-order valence-corrected chi connectivity index (χ1v) is 10.5. The topological polar surface area (TPSA) is 115 Å². The van der Waals surface area contributed by atoms with Crippen LogP contribution in [0.25, 0.3) is 0 Å². The number of benzene rings is 1. The predicted molar refractivity (Wildman–Crippen MR) is 114 cm³/mol. The van der Waals surface area contributed by atoms with Crippen molar-refractivity contribution in [2.75, 3.05) is 26.8 Å². The van der Waals surface area contributed by atoms with Gasteiger partial charge in [0.1, 0.15) is 11.4 Å². The zero-order chi connectivity index (χ0) is 22.9. The van der Waals surface area contributed by atoms with Crippen molar-refractivity contribution >= 4 is 12.2 Å².